The van der Waals surface area contributed by atoms with Crippen LogP contribution in [0.2, 0.25) is 0 Å². The molecular formula is C22H21F3N2O3. The molecule has 0 bridgehead atoms. The van der Waals surface area contributed by atoms with Gasteiger partial charge in [0.25, 0.3) is 5.91 Å². The van der Waals surface area contributed by atoms with Crippen molar-refractivity contribution >= 4 is 11.7 Å². The van der Waals surface area contributed by atoms with Crippen molar-refractivity contribution in [1.82, 2.24) is 9.88 Å². The SMILES string of the molecule is CC(C)(C)C(=O)C1=C(O)C(=O)N(Cc2cccc(C(F)(F)F)c2)C1c1ccncc1. The molecule has 1 unspecified atom stereocenters. The second-order valence-electron chi connectivity index (χ2n) is 8.16. The zero-order chi connectivity index (χ0) is 22.3. The largest absolute Gasteiger partial charge is 0.503 e. The maximum absolute atomic E-state index is 13.1. The predicted octanol–water partition coefficient (Wildman–Crippen LogP) is 4.61. The molecule has 0 saturated carbocycles. The number of rotatable bonds is 4. The van der Waals surface area contributed by atoms with Crippen molar-refractivity contribution in [3.63, 3.8) is 0 Å². The Morgan fingerprint density at radius 3 is 2.33 bits per heavy atom. The van der Waals surface area contributed by atoms with Crippen LogP contribution in [-0.4, -0.2) is 26.7 Å². The highest BCUT2D eigenvalue weighted by molar-refractivity contribution is 6.10. The van der Waals surface area contributed by atoms with Crippen molar-refractivity contribution in [3.05, 3.63) is 76.8 Å². The average molecular weight is 418 g/mol. The predicted molar refractivity (Wildman–Crippen MR) is 103 cm³/mol. The zero-order valence-corrected chi connectivity index (χ0v) is 16.7. The number of carbonyl (C=O) groups is 2. The second-order valence-corrected chi connectivity index (χ2v) is 8.16. The third-order valence-corrected chi connectivity index (χ3v) is 4.86. The van der Waals surface area contributed by atoms with Gasteiger partial charge in [-0.05, 0) is 35.4 Å². The molecule has 1 aliphatic rings. The van der Waals surface area contributed by atoms with Gasteiger partial charge in [-0.25, -0.2) is 0 Å². The number of aliphatic hydroxyl groups excluding tert-OH is 1. The zero-order valence-electron chi connectivity index (χ0n) is 16.7. The average Bonchev–Trinajstić information content (AvgIpc) is 2.92. The van der Waals surface area contributed by atoms with E-state index in [9.17, 15) is 27.9 Å². The van der Waals surface area contributed by atoms with Gasteiger partial charge in [0.1, 0.15) is 0 Å². The van der Waals surface area contributed by atoms with E-state index in [1.54, 1.807) is 32.9 Å². The number of hydrogen-bond acceptors (Lipinski definition) is 4. The summed E-state index contributed by atoms with van der Waals surface area (Å²) in [6.45, 7) is 4.79. The van der Waals surface area contributed by atoms with Crippen LogP contribution < -0.4 is 0 Å². The molecule has 1 atom stereocenters. The Kier molecular flexibility index (Phi) is 5.45. The fraction of sp³-hybridized carbons (Fsp3) is 0.318. The lowest BCUT2D eigenvalue weighted by molar-refractivity contribution is -0.137. The number of Topliss-reactive ketones (excluding diaryl/α,β-unsaturated/α-hetero) is 1. The van der Waals surface area contributed by atoms with Crippen molar-refractivity contribution in [1.29, 1.82) is 0 Å². The molecule has 1 aromatic heterocycles. The Bertz CT molecular complexity index is 1010. The van der Waals surface area contributed by atoms with E-state index in [0.717, 1.165) is 12.1 Å². The van der Waals surface area contributed by atoms with E-state index in [2.05, 4.69) is 4.98 Å². The van der Waals surface area contributed by atoms with Crippen LogP contribution in [0.4, 0.5) is 13.2 Å². The number of alkyl halides is 3. The molecule has 2 aromatic rings. The van der Waals surface area contributed by atoms with Gasteiger partial charge < -0.3 is 10.0 Å². The highest BCUT2D eigenvalue weighted by Crippen LogP contribution is 2.41. The minimum Gasteiger partial charge on any atom is -0.503 e. The van der Waals surface area contributed by atoms with Gasteiger partial charge >= 0.3 is 6.18 Å². The smallest absolute Gasteiger partial charge is 0.416 e. The number of pyridine rings is 1. The summed E-state index contributed by atoms with van der Waals surface area (Å²) in [5.41, 5.74) is -1.02. The highest BCUT2D eigenvalue weighted by atomic mass is 19.4. The molecular weight excluding hydrogens is 397 g/mol. The quantitative estimate of drug-likeness (QED) is 0.787. The highest BCUT2D eigenvalue weighted by Gasteiger charge is 2.46. The number of aliphatic hydroxyl groups is 1. The van der Waals surface area contributed by atoms with Gasteiger partial charge in [-0.1, -0.05) is 32.9 Å². The van der Waals surface area contributed by atoms with Gasteiger partial charge in [0.2, 0.25) is 0 Å². The second kappa shape index (κ2) is 7.59. The summed E-state index contributed by atoms with van der Waals surface area (Å²) >= 11 is 0. The molecule has 2 heterocycles. The number of ketones is 1. The first-order chi connectivity index (χ1) is 13.9. The Balaban J connectivity index is 2.06. The summed E-state index contributed by atoms with van der Waals surface area (Å²) in [7, 11) is 0. The number of amides is 1. The molecule has 1 aromatic carbocycles. The first-order valence-corrected chi connectivity index (χ1v) is 9.26. The van der Waals surface area contributed by atoms with E-state index in [-0.39, 0.29) is 17.7 Å². The van der Waals surface area contributed by atoms with E-state index in [4.69, 9.17) is 0 Å². The van der Waals surface area contributed by atoms with E-state index in [1.807, 2.05) is 0 Å². The van der Waals surface area contributed by atoms with Crippen molar-refractivity contribution in [2.75, 3.05) is 0 Å². The molecule has 3 rings (SSSR count). The fourth-order valence-electron chi connectivity index (χ4n) is 3.39. The van der Waals surface area contributed by atoms with E-state index in [0.29, 0.717) is 5.56 Å². The first-order valence-electron chi connectivity index (χ1n) is 9.26. The molecule has 0 radical (unpaired) electrons. The molecule has 8 heteroatoms. The molecule has 1 N–H and O–H groups in total. The summed E-state index contributed by atoms with van der Waals surface area (Å²) in [6.07, 6.45) is -1.56. The van der Waals surface area contributed by atoms with Crippen LogP contribution in [0.25, 0.3) is 0 Å². The van der Waals surface area contributed by atoms with E-state index in [1.165, 1.54) is 29.4 Å². The lowest BCUT2D eigenvalue weighted by Crippen LogP contribution is -2.32. The van der Waals surface area contributed by atoms with Crippen LogP contribution in [0.15, 0.2) is 60.1 Å². The van der Waals surface area contributed by atoms with Crippen LogP contribution in [0.3, 0.4) is 0 Å². The minimum atomic E-state index is -4.52. The molecule has 1 amide bonds. The lowest BCUT2D eigenvalue weighted by atomic mass is 9.82. The topological polar surface area (TPSA) is 70.5 Å². The lowest BCUT2D eigenvalue weighted by Gasteiger charge is -2.29. The van der Waals surface area contributed by atoms with E-state index >= 15 is 0 Å². The maximum atomic E-state index is 13.1. The first kappa shape index (κ1) is 21.5. The number of aromatic nitrogens is 1. The third kappa shape index (κ3) is 4.08. The summed E-state index contributed by atoms with van der Waals surface area (Å²) < 4.78 is 39.2. The Morgan fingerprint density at radius 1 is 1.13 bits per heavy atom. The molecule has 30 heavy (non-hydrogen) atoms. The Morgan fingerprint density at radius 2 is 1.77 bits per heavy atom. The minimum absolute atomic E-state index is 0.0642. The van der Waals surface area contributed by atoms with Gasteiger partial charge in [-0.15, -0.1) is 0 Å². The third-order valence-electron chi connectivity index (χ3n) is 4.86. The molecule has 158 valence electrons. The van der Waals surface area contributed by atoms with Crippen molar-refractivity contribution in [2.24, 2.45) is 5.41 Å². The van der Waals surface area contributed by atoms with Crippen LogP contribution in [0.5, 0.6) is 0 Å². The van der Waals surface area contributed by atoms with Gasteiger partial charge in [0.05, 0.1) is 17.2 Å². The van der Waals surface area contributed by atoms with Gasteiger partial charge in [0.15, 0.2) is 11.5 Å². The monoisotopic (exact) mass is 418 g/mol. The van der Waals surface area contributed by atoms with Crippen LogP contribution in [-0.2, 0) is 22.3 Å². The summed E-state index contributed by atoms with van der Waals surface area (Å²) in [5.74, 6) is -1.90. The normalized spacial score (nSPS) is 17.6. The van der Waals surface area contributed by atoms with E-state index < -0.39 is 40.6 Å². The summed E-state index contributed by atoms with van der Waals surface area (Å²) in [6, 6.07) is 6.90. The molecule has 0 fully saturated rings. The molecule has 1 aliphatic heterocycles. The van der Waals surface area contributed by atoms with Crippen LogP contribution in [0.1, 0.15) is 43.5 Å². The standard InChI is InChI=1S/C22H21F3N2O3/c1-21(2,3)19(29)16-17(14-7-9-26-10-8-14)27(20(30)18(16)28)12-13-5-4-6-15(11-13)22(23,24)25/h4-11,17,28H,12H2,1-3H3. The van der Waals surface area contributed by atoms with Crippen LogP contribution >= 0.6 is 0 Å². The molecule has 5 nitrogen and oxygen atoms in total. The number of hydrogen-bond donors (Lipinski definition) is 1. The molecule has 0 spiro atoms. The Labute approximate surface area is 171 Å². The van der Waals surface area contributed by atoms with Gasteiger partial charge in [0, 0.05) is 24.4 Å². The Hall–Kier alpha value is -3.16. The van der Waals surface area contributed by atoms with Crippen LogP contribution in [0, 0.1) is 5.41 Å². The van der Waals surface area contributed by atoms with Gasteiger partial charge in [-0.2, -0.15) is 13.2 Å². The maximum Gasteiger partial charge on any atom is 0.416 e. The number of halogens is 3. The molecule has 0 aliphatic carbocycles. The van der Waals surface area contributed by atoms with Crippen molar-refractivity contribution in [2.45, 2.75) is 39.5 Å². The fourth-order valence-corrected chi connectivity index (χ4v) is 3.39. The van der Waals surface area contributed by atoms with Gasteiger partial charge in [-0.3, -0.25) is 14.6 Å². The number of nitrogens with zero attached hydrogens (tertiary/aromatic N) is 2. The van der Waals surface area contributed by atoms with Crippen molar-refractivity contribution < 1.29 is 27.9 Å². The molecule has 0 saturated heterocycles. The number of benzene rings is 1. The summed E-state index contributed by atoms with van der Waals surface area (Å²) in [5, 5.41) is 10.5. The summed E-state index contributed by atoms with van der Waals surface area (Å²) in [4.78, 5) is 31.0. The number of carbonyl (C=O) groups excluding carboxylic acids is 2. The van der Waals surface area contributed by atoms with Crippen molar-refractivity contribution in [3.8, 4) is 0 Å².